The molecule has 0 radical (unpaired) electrons. The standard InChI is InChI=1S/C48H92NO14P/c1-4-7-10-13-16-19-22-25-28-31-38(51)34-42(53)49-45-47(46(63-64(57,58)59)41(37-50)61-48(45)56)62-44(55)36-40(33-30-27-24-21-18-15-12-9-6-3)60-43(54)35-39(52)32-29-26-23-20-17-14-11-8-5-2/h38-41,45-48,50-52,56H,4-37H2,1-3H3,(H,49,53)(H2,57,58,59)/t38-,39-,40-,41-,45-,46-,47-,48+/m1/s1. The van der Waals surface area contributed by atoms with Crippen LogP contribution < -0.4 is 5.32 Å². The van der Waals surface area contributed by atoms with Crippen LogP contribution in [0.15, 0.2) is 0 Å². The van der Waals surface area contributed by atoms with Gasteiger partial charge in [-0.25, -0.2) is 4.57 Å². The van der Waals surface area contributed by atoms with Crippen LogP contribution in [0.3, 0.4) is 0 Å². The number of rotatable bonds is 42. The van der Waals surface area contributed by atoms with Crippen LogP contribution in [0.1, 0.15) is 233 Å². The summed E-state index contributed by atoms with van der Waals surface area (Å²) in [6.45, 7) is 5.65. The molecule has 0 aromatic rings. The lowest BCUT2D eigenvalue weighted by Crippen LogP contribution is -2.65. The number of carbonyl (C=O) groups excluding carboxylic acids is 3. The second-order valence-corrected chi connectivity index (χ2v) is 19.4. The SMILES string of the molecule is CCCCCCCCCCC[C@@H](O)CC(=O)N[C@@H]1[C@@H](OC(=O)C[C@@H](CCCCCCCCCCC)OC(=O)C[C@H](O)CCCCCCCCCCC)[C@H](OP(=O)(O)O)[C@@H](CO)O[C@@H]1O. The van der Waals surface area contributed by atoms with Crippen molar-refractivity contribution in [3.63, 3.8) is 0 Å². The first-order chi connectivity index (χ1) is 30.7. The number of phosphoric ester groups is 1. The van der Waals surface area contributed by atoms with E-state index in [0.717, 1.165) is 70.6 Å². The Balaban J connectivity index is 2.99. The smallest absolute Gasteiger partial charge is 0.462 e. The molecule has 16 heteroatoms. The third-order valence-electron chi connectivity index (χ3n) is 12.1. The van der Waals surface area contributed by atoms with Gasteiger partial charge in [0.15, 0.2) is 12.4 Å². The number of unbranched alkanes of at least 4 members (excludes halogenated alkanes) is 24. The summed E-state index contributed by atoms with van der Waals surface area (Å²) < 4.78 is 33.9. The quantitative estimate of drug-likeness (QED) is 0.0172. The van der Waals surface area contributed by atoms with Crippen LogP contribution in [0.2, 0.25) is 0 Å². The molecule has 378 valence electrons. The maximum Gasteiger partial charge on any atom is 0.470 e. The summed E-state index contributed by atoms with van der Waals surface area (Å²) in [6.07, 6.45) is 19.3. The molecule has 8 atom stereocenters. The largest absolute Gasteiger partial charge is 0.470 e. The number of esters is 2. The lowest BCUT2D eigenvalue weighted by Gasteiger charge is -2.43. The van der Waals surface area contributed by atoms with E-state index in [4.69, 9.17) is 18.7 Å². The second-order valence-electron chi connectivity index (χ2n) is 18.2. The van der Waals surface area contributed by atoms with Gasteiger partial charge in [0.05, 0.1) is 38.1 Å². The molecule has 0 unspecified atom stereocenters. The first-order valence-corrected chi connectivity index (χ1v) is 27.0. The number of nitrogens with one attached hydrogen (secondary N) is 1. The van der Waals surface area contributed by atoms with Gasteiger partial charge in [-0.1, -0.05) is 188 Å². The van der Waals surface area contributed by atoms with Crippen molar-refractivity contribution in [2.24, 2.45) is 0 Å². The Hall–Kier alpha value is -1.68. The average Bonchev–Trinajstić information content (AvgIpc) is 3.23. The molecule has 1 fully saturated rings. The number of hydrogen-bond acceptors (Lipinski definition) is 12. The molecule has 1 amide bonds. The molecule has 0 aromatic carbocycles. The monoisotopic (exact) mass is 938 g/mol. The molecule has 1 rings (SSSR count). The van der Waals surface area contributed by atoms with Crippen molar-refractivity contribution < 1.29 is 67.9 Å². The van der Waals surface area contributed by atoms with E-state index in [2.05, 4.69) is 26.1 Å². The summed E-state index contributed by atoms with van der Waals surface area (Å²) in [7, 11) is -5.32. The maximum absolute atomic E-state index is 13.7. The molecular formula is C48H92NO14P. The Labute approximate surface area is 386 Å². The van der Waals surface area contributed by atoms with Crippen molar-refractivity contribution >= 4 is 25.7 Å². The number of hydrogen-bond donors (Lipinski definition) is 7. The highest BCUT2D eigenvalue weighted by atomic mass is 31.2. The van der Waals surface area contributed by atoms with E-state index in [0.29, 0.717) is 32.1 Å². The number of ether oxygens (including phenoxy) is 3. The van der Waals surface area contributed by atoms with Crippen LogP contribution in [0.25, 0.3) is 0 Å². The summed E-state index contributed by atoms with van der Waals surface area (Å²) in [5.41, 5.74) is 0. The van der Waals surface area contributed by atoms with Gasteiger partial charge in [-0.05, 0) is 25.7 Å². The van der Waals surface area contributed by atoms with Gasteiger partial charge in [-0.2, -0.15) is 0 Å². The van der Waals surface area contributed by atoms with E-state index < -0.39 is 87.7 Å². The van der Waals surface area contributed by atoms with Crippen molar-refractivity contribution in [3.05, 3.63) is 0 Å². The minimum absolute atomic E-state index is 0.248. The number of amides is 1. The van der Waals surface area contributed by atoms with Gasteiger partial charge in [0, 0.05) is 0 Å². The zero-order valence-corrected chi connectivity index (χ0v) is 41.0. The minimum atomic E-state index is -5.32. The molecule has 0 aliphatic carbocycles. The number of aliphatic hydroxyl groups excluding tert-OH is 4. The summed E-state index contributed by atoms with van der Waals surface area (Å²) in [5, 5.41) is 44.8. The first-order valence-electron chi connectivity index (χ1n) is 25.5. The van der Waals surface area contributed by atoms with Crippen LogP contribution in [-0.2, 0) is 37.7 Å². The highest BCUT2D eigenvalue weighted by molar-refractivity contribution is 7.46. The topological polar surface area (TPSA) is 239 Å². The fourth-order valence-electron chi connectivity index (χ4n) is 8.39. The van der Waals surface area contributed by atoms with Gasteiger partial charge in [-0.3, -0.25) is 18.9 Å². The fraction of sp³-hybridized carbons (Fsp3) is 0.938. The molecule has 0 bridgehead atoms. The average molecular weight is 938 g/mol. The van der Waals surface area contributed by atoms with Crippen LogP contribution in [0.5, 0.6) is 0 Å². The molecule has 15 nitrogen and oxygen atoms in total. The highest BCUT2D eigenvalue weighted by Crippen LogP contribution is 2.42. The third-order valence-corrected chi connectivity index (χ3v) is 12.6. The lowest BCUT2D eigenvalue weighted by molar-refractivity contribution is -0.256. The number of phosphoric acid groups is 1. The first kappa shape index (κ1) is 60.3. The van der Waals surface area contributed by atoms with Crippen LogP contribution in [0, 0.1) is 0 Å². The van der Waals surface area contributed by atoms with Crippen molar-refractivity contribution in [2.75, 3.05) is 6.61 Å². The Bertz CT molecular complexity index is 1220. The van der Waals surface area contributed by atoms with Crippen molar-refractivity contribution in [2.45, 2.75) is 282 Å². The molecule has 1 aliphatic rings. The fourth-order valence-corrected chi connectivity index (χ4v) is 8.96. The van der Waals surface area contributed by atoms with Crippen molar-refractivity contribution in [1.29, 1.82) is 0 Å². The predicted molar refractivity (Wildman–Crippen MR) is 248 cm³/mol. The number of carbonyl (C=O) groups is 3. The van der Waals surface area contributed by atoms with Gasteiger partial charge in [-0.15, -0.1) is 0 Å². The zero-order valence-electron chi connectivity index (χ0n) is 40.1. The maximum atomic E-state index is 13.7. The lowest BCUT2D eigenvalue weighted by atomic mass is 9.96. The van der Waals surface area contributed by atoms with Gasteiger partial charge >= 0.3 is 19.8 Å². The molecule has 0 saturated carbocycles. The Morgan fingerprint density at radius 1 is 0.578 bits per heavy atom. The van der Waals surface area contributed by atoms with Gasteiger partial charge in [0.25, 0.3) is 0 Å². The van der Waals surface area contributed by atoms with E-state index in [9.17, 15) is 49.2 Å². The van der Waals surface area contributed by atoms with Crippen molar-refractivity contribution in [3.8, 4) is 0 Å². The Morgan fingerprint density at radius 3 is 1.41 bits per heavy atom. The molecule has 1 aliphatic heterocycles. The Morgan fingerprint density at radius 2 is 0.984 bits per heavy atom. The zero-order chi connectivity index (χ0) is 47.4. The summed E-state index contributed by atoms with van der Waals surface area (Å²) >= 11 is 0. The summed E-state index contributed by atoms with van der Waals surface area (Å²) in [6, 6.07) is -1.62. The Kier molecular flexibility index (Phi) is 36.1. The molecular weight excluding hydrogens is 845 g/mol. The number of aliphatic hydroxyl groups is 4. The van der Waals surface area contributed by atoms with Crippen LogP contribution in [-0.4, -0.2) is 104 Å². The van der Waals surface area contributed by atoms with Gasteiger partial charge in [0.2, 0.25) is 5.91 Å². The molecule has 1 saturated heterocycles. The highest BCUT2D eigenvalue weighted by Gasteiger charge is 2.51. The van der Waals surface area contributed by atoms with E-state index in [1.165, 1.54) is 89.9 Å². The molecule has 7 N–H and O–H groups in total. The molecule has 1 heterocycles. The summed E-state index contributed by atoms with van der Waals surface area (Å²) in [4.78, 5) is 59.6. The van der Waals surface area contributed by atoms with Gasteiger partial charge in [0.1, 0.15) is 24.4 Å². The summed E-state index contributed by atoms with van der Waals surface area (Å²) in [5.74, 6) is -2.40. The van der Waals surface area contributed by atoms with E-state index in [-0.39, 0.29) is 12.8 Å². The van der Waals surface area contributed by atoms with E-state index in [1.807, 2.05) is 0 Å². The normalized spacial score (nSPS) is 20.4. The van der Waals surface area contributed by atoms with Crippen molar-refractivity contribution in [1.82, 2.24) is 5.32 Å². The van der Waals surface area contributed by atoms with E-state index >= 15 is 0 Å². The predicted octanol–water partition coefficient (Wildman–Crippen LogP) is 9.14. The van der Waals surface area contributed by atoms with Crippen LogP contribution in [0.4, 0.5) is 0 Å². The second kappa shape index (κ2) is 38.3. The minimum Gasteiger partial charge on any atom is -0.462 e. The molecule has 0 spiro atoms. The van der Waals surface area contributed by atoms with E-state index in [1.54, 1.807) is 0 Å². The molecule has 64 heavy (non-hydrogen) atoms. The van der Waals surface area contributed by atoms with Crippen LogP contribution >= 0.6 is 7.82 Å². The third kappa shape index (κ3) is 31.3. The van der Waals surface area contributed by atoms with Gasteiger partial charge < -0.3 is 49.7 Å². The molecule has 0 aromatic heterocycles.